The number of nitrogens with zero attached hydrogens (tertiary/aromatic N) is 1. The minimum atomic E-state index is -3.92. The van der Waals surface area contributed by atoms with Gasteiger partial charge in [-0.3, -0.25) is 18.5 Å². The molecular weight excluding hydrogens is 339 g/mol. The molecule has 1 aliphatic heterocycles. The summed E-state index contributed by atoms with van der Waals surface area (Å²) in [5.41, 5.74) is -2.19. The van der Waals surface area contributed by atoms with Crippen molar-refractivity contribution in [3.63, 3.8) is 0 Å². The summed E-state index contributed by atoms with van der Waals surface area (Å²) in [6, 6.07) is 0. The Bertz CT molecular complexity index is 829. The Labute approximate surface area is 128 Å². The standard InChI is InChI=1S/C11H13FN2O8S/c1-20-10(16)8-6(22-23(2,18)19)3-7(21-8)14-4-5(12)9(15)13-11(14)17/h4,6-8H,3H2,1-2H3,(H,13,15,17). The summed E-state index contributed by atoms with van der Waals surface area (Å²) in [7, 11) is -2.86. The number of methoxy groups -OCH3 is 1. The zero-order valence-corrected chi connectivity index (χ0v) is 12.8. The quantitative estimate of drug-likeness (QED) is 0.510. The summed E-state index contributed by atoms with van der Waals surface area (Å²) in [5.74, 6) is -2.16. The van der Waals surface area contributed by atoms with E-state index in [-0.39, 0.29) is 6.42 Å². The first-order valence-electron chi connectivity index (χ1n) is 6.25. The van der Waals surface area contributed by atoms with Crippen LogP contribution in [-0.4, -0.2) is 49.5 Å². The van der Waals surface area contributed by atoms with Crippen LogP contribution in [-0.2, 0) is 28.6 Å². The van der Waals surface area contributed by atoms with E-state index in [1.54, 1.807) is 4.98 Å². The van der Waals surface area contributed by atoms with Crippen molar-refractivity contribution >= 4 is 16.1 Å². The minimum absolute atomic E-state index is 0.252. The summed E-state index contributed by atoms with van der Waals surface area (Å²) in [6.45, 7) is 0. The summed E-state index contributed by atoms with van der Waals surface area (Å²) >= 11 is 0. The van der Waals surface area contributed by atoms with E-state index in [1.165, 1.54) is 0 Å². The van der Waals surface area contributed by atoms with Crippen molar-refractivity contribution < 1.29 is 31.3 Å². The second-order valence-corrected chi connectivity index (χ2v) is 6.35. The average molecular weight is 352 g/mol. The summed E-state index contributed by atoms with van der Waals surface area (Å²) in [4.78, 5) is 36.1. The lowest BCUT2D eigenvalue weighted by Gasteiger charge is -2.15. The number of ether oxygens (including phenoxy) is 2. The van der Waals surface area contributed by atoms with Gasteiger partial charge in [0.25, 0.3) is 15.7 Å². The fourth-order valence-electron chi connectivity index (χ4n) is 2.13. The lowest BCUT2D eigenvalue weighted by molar-refractivity contribution is -0.158. The molecule has 0 spiro atoms. The molecule has 0 aromatic carbocycles. The molecule has 1 N–H and O–H groups in total. The Morgan fingerprint density at radius 2 is 2.13 bits per heavy atom. The van der Waals surface area contributed by atoms with E-state index in [9.17, 15) is 27.2 Å². The molecule has 3 unspecified atom stereocenters. The molecule has 0 bridgehead atoms. The first-order valence-corrected chi connectivity index (χ1v) is 8.06. The fourth-order valence-corrected chi connectivity index (χ4v) is 2.75. The van der Waals surface area contributed by atoms with E-state index in [0.29, 0.717) is 10.8 Å². The number of aromatic amines is 1. The highest BCUT2D eigenvalue weighted by atomic mass is 32.2. The number of esters is 1. The predicted octanol–water partition coefficient (Wildman–Crippen LogP) is -1.52. The van der Waals surface area contributed by atoms with Crippen LogP contribution in [0.1, 0.15) is 12.6 Å². The van der Waals surface area contributed by atoms with Crippen molar-refractivity contribution in [1.82, 2.24) is 9.55 Å². The smallest absolute Gasteiger partial charge is 0.337 e. The number of carbonyl (C=O) groups excluding carboxylic acids is 1. The molecule has 0 aliphatic carbocycles. The number of hydrogen-bond donors (Lipinski definition) is 1. The first kappa shape index (κ1) is 17.3. The van der Waals surface area contributed by atoms with Crippen molar-refractivity contribution in [3.8, 4) is 0 Å². The maximum Gasteiger partial charge on any atom is 0.337 e. The van der Waals surface area contributed by atoms with Crippen LogP contribution in [0.4, 0.5) is 4.39 Å². The minimum Gasteiger partial charge on any atom is -0.467 e. The monoisotopic (exact) mass is 352 g/mol. The van der Waals surface area contributed by atoms with E-state index >= 15 is 0 Å². The number of aromatic nitrogens is 2. The van der Waals surface area contributed by atoms with Crippen LogP contribution in [0.25, 0.3) is 0 Å². The molecule has 2 heterocycles. The summed E-state index contributed by atoms with van der Waals surface area (Å²) in [5, 5.41) is 0. The molecule has 10 nitrogen and oxygen atoms in total. The molecule has 1 fully saturated rings. The molecule has 128 valence electrons. The number of nitrogens with one attached hydrogen (secondary N) is 1. The van der Waals surface area contributed by atoms with Gasteiger partial charge in [-0.15, -0.1) is 0 Å². The number of H-pyrrole nitrogens is 1. The Hall–Kier alpha value is -2.05. The van der Waals surface area contributed by atoms with Crippen LogP contribution in [0, 0.1) is 5.82 Å². The normalized spacial score (nSPS) is 24.6. The third-order valence-electron chi connectivity index (χ3n) is 3.04. The number of halogens is 1. The predicted molar refractivity (Wildman–Crippen MR) is 71.5 cm³/mol. The van der Waals surface area contributed by atoms with Gasteiger partial charge in [-0.25, -0.2) is 9.59 Å². The average Bonchev–Trinajstić information content (AvgIpc) is 2.83. The van der Waals surface area contributed by atoms with Gasteiger partial charge in [0.2, 0.25) is 5.82 Å². The highest BCUT2D eigenvalue weighted by Crippen LogP contribution is 2.31. The molecule has 0 radical (unpaired) electrons. The SMILES string of the molecule is COC(=O)C1OC(n2cc(F)c(=O)[nH]c2=O)CC1OS(C)(=O)=O. The maximum absolute atomic E-state index is 13.3. The fraction of sp³-hybridized carbons (Fsp3) is 0.545. The third kappa shape index (κ3) is 3.83. The second-order valence-electron chi connectivity index (χ2n) is 4.75. The summed E-state index contributed by atoms with van der Waals surface area (Å²) in [6.07, 6.45) is -2.78. The third-order valence-corrected chi connectivity index (χ3v) is 3.64. The molecule has 1 aromatic rings. The zero-order valence-electron chi connectivity index (χ0n) is 12.0. The first-order chi connectivity index (χ1) is 10.6. The highest BCUT2D eigenvalue weighted by molar-refractivity contribution is 7.86. The lowest BCUT2D eigenvalue weighted by Crippen LogP contribution is -2.35. The van der Waals surface area contributed by atoms with Crippen molar-refractivity contribution in [2.75, 3.05) is 13.4 Å². The van der Waals surface area contributed by atoms with Crippen LogP contribution in [0.15, 0.2) is 15.8 Å². The molecule has 0 saturated carbocycles. The van der Waals surface area contributed by atoms with Gasteiger partial charge >= 0.3 is 11.7 Å². The molecule has 23 heavy (non-hydrogen) atoms. The van der Waals surface area contributed by atoms with Gasteiger partial charge in [-0.1, -0.05) is 0 Å². The van der Waals surface area contributed by atoms with Crippen LogP contribution < -0.4 is 11.2 Å². The van der Waals surface area contributed by atoms with Crippen molar-refractivity contribution in [2.24, 2.45) is 0 Å². The van der Waals surface area contributed by atoms with Gasteiger partial charge in [-0.05, 0) is 0 Å². The molecule has 12 heteroatoms. The van der Waals surface area contributed by atoms with Crippen molar-refractivity contribution in [1.29, 1.82) is 0 Å². The van der Waals surface area contributed by atoms with Crippen LogP contribution in [0.3, 0.4) is 0 Å². The maximum atomic E-state index is 13.3. The Morgan fingerprint density at radius 3 is 2.70 bits per heavy atom. The molecule has 0 amide bonds. The molecule has 2 rings (SSSR count). The number of carbonyl (C=O) groups is 1. The van der Waals surface area contributed by atoms with Gasteiger partial charge < -0.3 is 9.47 Å². The molecule has 1 aliphatic rings. The Kier molecular flexibility index (Phi) is 4.68. The number of rotatable bonds is 4. The van der Waals surface area contributed by atoms with E-state index in [0.717, 1.165) is 13.4 Å². The topological polar surface area (TPSA) is 134 Å². The van der Waals surface area contributed by atoms with Gasteiger partial charge in [0.05, 0.1) is 19.6 Å². The van der Waals surface area contributed by atoms with Gasteiger partial charge in [0.15, 0.2) is 6.10 Å². The van der Waals surface area contributed by atoms with E-state index in [1.807, 2.05) is 0 Å². The van der Waals surface area contributed by atoms with Crippen LogP contribution in [0.5, 0.6) is 0 Å². The number of hydrogen-bond acceptors (Lipinski definition) is 8. The van der Waals surface area contributed by atoms with E-state index < -0.39 is 51.6 Å². The van der Waals surface area contributed by atoms with Crippen molar-refractivity contribution in [2.45, 2.75) is 24.9 Å². The Morgan fingerprint density at radius 1 is 1.48 bits per heavy atom. The molecule has 1 aromatic heterocycles. The van der Waals surface area contributed by atoms with Gasteiger partial charge in [0, 0.05) is 6.42 Å². The van der Waals surface area contributed by atoms with E-state index in [4.69, 9.17) is 8.92 Å². The molecular formula is C11H13FN2O8S. The van der Waals surface area contributed by atoms with Crippen LogP contribution >= 0.6 is 0 Å². The van der Waals surface area contributed by atoms with E-state index in [2.05, 4.69) is 4.74 Å². The highest BCUT2D eigenvalue weighted by Gasteiger charge is 2.44. The lowest BCUT2D eigenvalue weighted by atomic mass is 10.2. The van der Waals surface area contributed by atoms with Gasteiger partial charge in [0.1, 0.15) is 12.3 Å². The molecule has 3 atom stereocenters. The van der Waals surface area contributed by atoms with Gasteiger partial charge in [-0.2, -0.15) is 12.8 Å². The van der Waals surface area contributed by atoms with Crippen LogP contribution in [0.2, 0.25) is 0 Å². The summed E-state index contributed by atoms with van der Waals surface area (Å²) < 4.78 is 51.0. The second kappa shape index (κ2) is 6.22. The Balaban J connectivity index is 2.36. The zero-order chi connectivity index (χ0) is 17.4. The molecule has 1 saturated heterocycles. The largest absolute Gasteiger partial charge is 0.467 e. The van der Waals surface area contributed by atoms with Crippen molar-refractivity contribution in [3.05, 3.63) is 32.9 Å².